The van der Waals surface area contributed by atoms with E-state index in [0.717, 1.165) is 5.56 Å². The number of rotatable bonds is 5. The van der Waals surface area contributed by atoms with Crippen molar-refractivity contribution in [2.24, 2.45) is 0 Å². The highest BCUT2D eigenvalue weighted by Crippen LogP contribution is 2.22. The Morgan fingerprint density at radius 2 is 1.76 bits per heavy atom. The molecule has 21 heavy (non-hydrogen) atoms. The van der Waals surface area contributed by atoms with Crippen molar-refractivity contribution < 1.29 is 14.7 Å². The van der Waals surface area contributed by atoms with Crippen LogP contribution in [0.5, 0.6) is 0 Å². The first-order chi connectivity index (χ1) is 9.99. The van der Waals surface area contributed by atoms with Crippen LogP contribution in [0.15, 0.2) is 48.5 Å². The highest BCUT2D eigenvalue weighted by Gasteiger charge is 2.17. The molecule has 0 heterocycles. The van der Waals surface area contributed by atoms with Gasteiger partial charge in [0.25, 0.3) is 0 Å². The van der Waals surface area contributed by atoms with Crippen LogP contribution in [-0.4, -0.2) is 22.9 Å². The van der Waals surface area contributed by atoms with Crippen LogP contribution >= 0.6 is 0 Å². The number of hydrogen-bond donors (Lipinski definition) is 2. The SMILES string of the molecule is Cc1ccc(N[C@@H](C)C(=O)O)c(C(=O)c2ccccc2)c1. The Bertz CT molecular complexity index is 665. The van der Waals surface area contributed by atoms with Gasteiger partial charge in [-0.1, -0.05) is 42.0 Å². The summed E-state index contributed by atoms with van der Waals surface area (Å²) in [6.45, 7) is 3.44. The van der Waals surface area contributed by atoms with Crippen molar-refractivity contribution in [1.29, 1.82) is 0 Å². The fourth-order valence-electron chi connectivity index (χ4n) is 2.01. The molecule has 0 saturated heterocycles. The van der Waals surface area contributed by atoms with E-state index in [0.29, 0.717) is 16.8 Å². The molecule has 0 bridgehead atoms. The highest BCUT2D eigenvalue weighted by molar-refractivity contribution is 6.12. The van der Waals surface area contributed by atoms with Crippen LogP contribution in [0.3, 0.4) is 0 Å². The third-order valence-corrected chi connectivity index (χ3v) is 3.20. The van der Waals surface area contributed by atoms with Gasteiger partial charge in [0, 0.05) is 16.8 Å². The monoisotopic (exact) mass is 283 g/mol. The van der Waals surface area contributed by atoms with Gasteiger partial charge in [-0.2, -0.15) is 0 Å². The van der Waals surface area contributed by atoms with E-state index in [1.165, 1.54) is 0 Å². The van der Waals surface area contributed by atoms with E-state index in [2.05, 4.69) is 5.32 Å². The van der Waals surface area contributed by atoms with Crippen molar-refractivity contribution in [3.63, 3.8) is 0 Å². The minimum absolute atomic E-state index is 0.126. The van der Waals surface area contributed by atoms with Crippen LogP contribution in [0.2, 0.25) is 0 Å². The maximum absolute atomic E-state index is 12.6. The molecule has 4 nitrogen and oxygen atoms in total. The van der Waals surface area contributed by atoms with Gasteiger partial charge in [-0.05, 0) is 26.0 Å². The lowest BCUT2D eigenvalue weighted by Crippen LogP contribution is -2.26. The van der Waals surface area contributed by atoms with Gasteiger partial charge in [-0.15, -0.1) is 0 Å². The van der Waals surface area contributed by atoms with E-state index in [1.54, 1.807) is 43.3 Å². The molecule has 1 atom stereocenters. The normalized spacial score (nSPS) is 11.7. The molecule has 108 valence electrons. The number of aryl methyl sites for hydroxylation is 1. The number of carbonyl (C=O) groups excluding carboxylic acids is 1. The number of carboxylic acids is 1. The molecule has 2 rings (SSSR count). The molecule has 2 N–H and O–H groups in total. The fraction of sp³-hybridized carbons (Fsp3) is 0.176. The number of aliphatic carboxylic acids is 1. The van der Waals surface area contributed by atoms with E-state index in [4.69, 9.17) is 5.11 Å². The summed E-state index contributed by atoms with van der Waals surface area (Å²) in [5.41, 5.74) is 2.54. The zero-order valence-electron chi connectivity index (χ0n) is 12.0. The topological polar surface area (TPSA) is 66.4 Å². The van der Waals surface area contributed by atoms with Gasteiger partial charge in [-0.3, -0.25) is 9.59 Å². The van der Waals surface area contributed by atoms with Crippen LogP contribution in [0.1, 0.15) is 28.4 Å². The Morgan fingerprint density at radius 3 is 2.38 bits per heavy atom. The van der Waals surface area contributed by atoms with Crippen molar-refractivity contribution in [2.75, 3.05) is 5.32 Å². The van der Waals surface area contributed by atoms with E-state index in [-0.39, 0.29) is 5.78 Å². The zero-order valence-corrected chi connectivity index (χ0v) is 12.0. The number of nitrogens with one attached hydrogen (secondary N) is 1. The van der Waals surface area contributed by atoms with Crippen molar-refractivity contribution in [2.45, 2.75) is 19.9 Å². The van der Waals surface area contributed by atoms with Crippen LogP contribution in [0.25, 0.3) is 0 Å². The summed E-state index contributed by atoms with van der Waals surface area (Å²) in [4.78, 5) is 23.6. The number of hydrogen-bond acceptors (Lipinski definition) is 3. The molecule has 0 unspecified atom stereocenters. The second-order valence-corrected chi connectivity index (χ2v) is 4.95. The van der Waals surface area contributed by atoms with Gasteiger partial charge >= 0.3 is 5.97 Å². The Balaban J connectivity index is 2.40. The van der Waals surface area contributed by atoms with E-state index >= 15 is 0 Å². The van der Waals surface area contributed by atoms with Crippen LogP contribution < -0.4 is 5.32 Å². The molecule has 0 saturated carbocycles. The van der Waals surface area contributed by atoms with Crippen LogP contribution in [0, 0.1) is 6.92 Å². The molecular formula is C17H17NO3. The molecule has 0 amide bonds. The Morgan fingerprint density at radius 1 is 1.10 bits per heavy atom. The summed E-state index contributed by atoms with van der Waals surface area (Å²) in [7, 11) is 0. The number of anilines is 1. The first-order valence-corrected chi connectivity index (χ1v) is 6.69. The van der Waals surface area contributed by atoms with Gasteiger partial charge in [0.05, 0.1) is 0 Å². The minimum Gasteiger partial charge on any atom is -0.480 e. The molecule has 0 aliphatic heterocycles. The molecule has 0 aliphatic rings. The Labute approximate surface area is 123 Å². The molecule has 2 aromatic rings. The number of ketones is 1. The van der Waals surface area contributed by atoms with E-state index in [1.807, 2.05) is 19.1 Å². The zero-order chi connectivity index (χ0) is 15.4. The van der Waals surface area contributed by atoms with Crippen molar-refractivity contribution in [3.8, 4) is 0 Å². The molecule has 0 spiro atoms. The summed E-state index contributed by atoms with van der Waals surface area (Å²) in [6.07, 6.45) is 0. The predicted molar refractivity (Wildman–Crippen MR) is 81.8 cm³/mol. The molecule has 0 fully saturated rings. The Kier molecular flexibility index (Phi) is 4.38. The molecule has 0 radical (unpaired) electrons. The molecule has 0 aromatic heterocycles. The summed E-state index contributed by atoms with van der Waals surface area (Å²) >= 11 is 0. The van der Waals surface area contributed by atoms with Crippen molar-refractivity contribution in [1.82, 2.24) is 0 Å². The maximum Gasteiger partial charge on any atom is 0.325 e. The van der Waals surface area contributed by atoms with Crippen LogP contribution in [0.4, 0.5) is 5.69 Å². The number of carboxylic acid groups (broad SMARTS) is 1. The van der Waals surface area contributed by atoms with E-state index in [9.17, 15) is 9.59 Å². The van der Waals surface area contributed by atoms with Gasteiger partial charge in [0.2, 0.25) is 0 Å². The summed E-state index contributed by atoms with van der Waals surface area (Å²) < 4.78 is 0. The van der Waals surface area contributed by atoms with Crippen molar-refractivity contribution in [3.05, 3.63) is 65.2 Å². The lowest BCUT2D eigenvalue weighted by molar-refractivity contribution is -0.137. The number of benzene rings is 2. The third-order valence-electron chi connectivity index (χ3n) is 3.20. The lowest BCUT2D eigenvalue weighted by atomic mass is 9.99. The molecule has 4 heteroatoms. The van der Waals surface area contributed by atoms with Gasteiger partial charge < -0.3 is 10.4 Å². The van der Waals surface area contributed by atoms with E-state index < -0.39 is 12.0 Å². The quantitative estimate of drug-likeness (QED) is 0.827. The maximum atomic E-state index is 12.6. The Hall–Kier alpha value is -2.62. The first kappa shape index (κ1) is 14.8. The van der Waals surface area contributed by atoms with Gasteiger partial charge in [0.15, 0.2) is 5.78 Å². The average Bonchev–Trinajstić information content (AvgIpc) is 2.49. The summed E-state index contributed by atoms with van der Waals surface area (Å²) in [5.74, 6) is -1.09. The second kappa shape index (κ2) is 6.22. The molecule has 2 aromatic carbocycles. The molecular weight excluding hydrogens is 266 g/mol. The summed E-state index contributed by atoms with van der Waals surface area (Å²) in [6, 6.07) is 13.5. The van der Waals surface area contributed by atoms with Gasteiger partial charge in [-0.25, -0.2) is 0 Å². The standard InChI is InChI=1S/C17H17NO3/c1-11-8-9-15(18-12(2)17(20)21)14(10-11)16(19)13-6-4-3-5-7-13/h3-10,12,18H,1-2H3,(H,20,21)/t12-/m0/s1. The summed E-state index contributed by atoms with van der Waals surface area (Å²) in [5, 5.41) is 11.9. The molecule has 0 aliphatic carbocycles. The number of carbonyl (C=O) groups is 2. The first-order valence-electron chi connectivity index (χ1n) is 6.69. The van der Waals surface area contributed by atoms with Gasteiger partial charge in [0.1, 0.15) is 6.04 Å². The highest BCUT2D eigenvalue weighted by atomic mass is 16.4. The predicted octanol–water partition coefficient (Wildman–Crippen LogP) is 3.11. The lowest BCUT2D eigenvalue weighted by Gasteiger charge is -2.15. The average molecular weight is 283 g/mol. The largest absolute Gasteiger partial charge is 0.480 e. The smallest absolute Gasteiger partial charge is 0.325 e. The minimum atomic E-state index is -0.964. The fourth-order valence-corrected chi connectivity index (χ4v) is 2.01. The third kappa shape index (κ3) is 3.48. The van der Waals surface area contributed by atoms with Crippen LogP contribution in [-0.2, 0) is 4.79 Å². The second-order valence-electron chi connectivity index (χ2n) is 4.95. The van der Waals surface area contributed by atoms with Crippen molar-refractivity contribution >= 4 is 17.4 Å².